The van der Waals surface area contributed by atoms with Gasteiger partial charge in [0.2, 0.25) is 0 Å². The fraction of sp³-hybridized carbons (Fsp3) is 0.471. The SMILES string of the molecule is CCOC(=O)[C@H](C)C[C@@H](NC(=O)[C@H](OC)c1ccccc1)C(=O)O. The van der Waals surface area contributed by atoms with E-state index in [1.165, 1.54) is 7.11 Å². The Morgan fingerprint density at radius 3 is 2.33 bits per heavy atom. The number of nitrogens with one attached hydrogen (secondary N) is 1. The average Bonchev–Trinajstić information content (AvgIpc) is 2.55. The van der Waals surface area contributed by atoms with Gasteiger partial charge in [0, 0.05) is 7.11 Å². The summed E-state index contributed by atoms with van der Waals surface area (Å²) in [5, 5.41) is 11.7. The molecular formula is C17H23NO6. The molecule has 0 bridgehead atoms. The van der Waals surface area contributed by atoms with Crippen molar-refractivity contribution in [2.75, 3.05) is 13.7 Å². The summed E-state index contributed by atoms with van der Waals surface area (Å²) in [7, 11) is 1.37. The molecule has 1 amide bonds. The molecule has 0 aliphatic carbocycles. The first-order chi connectivity index (χ1) is 11.4. The summed E-state index contributed by atoms with van der Waals surface area (Å²) < 4.78 is 10.0. The maximum absolute atomic E-state index is 12.4. The van der Waals surface area contributed by atoms with Crippen LogP contribution in [0.1, 0.15) is 31.9 Å². The molecular weight excluding hydrogens is 314 g/mol. The van der Waals surface area contributed by atoms with Crippen LogP contribution in [0.2, 0.25) is 0 Å². The lowest BCUT2D eigenvalue weighted by Gasteiger charge is -2.21. The minimum Gasteiger partial charge on any atom is -0.480 e. The molecule has 0 saturated carbocycles. The largest absolute Gasteiger partial charge is 0.480 e. The number of hydrogen-bond acceptors (Lipinski definition) is 5. The average molecular weight is 337 g/mol. The Labute approximate surface area is 141 Å². The zero-order chi connectivity index (χ0) is 18.1. The van der Waals surface area contributed by atoms with Crippen molar-refractivity contribution in [2.24, 2.45) is 5.92 Å². The molecule has 3 atom stereocenters. The molecule has 2 N–H and O–H groups in total. The molecule has 0 fully saturated rings. The molecule has 7 heteroatoms. The van der Waals surface area contributed by atoms with E-state index in [0.717, 1.165) is 0 Å². The van der Waals surface area contributed by atoms with Crippen molar-refractivity contribution in [2.45, 2.75) is 32.4 Å². The lowest BCUT2D eigenvalue weighted by molar-refractivity contribution is -0.150. The molecule has 7 nitrogen and oxygen atoms in total. The number of ether oxygens (including phenoxy) is 2. The van der Waals surface area contributed by atoms with Crippen molar-refractivity contribution in [1.82, 2.24) is 5.32 Å². The second kappa shape index (κ2) is 9.67. The molecule has 0 unspecified atom stereocenters. The molecule has 132 valence electrons. The van der Waals surface area contributed by atoms with E-state index in [4.69, 9.17) is 9.47 Å². The van der Waals surface area contributed by atoms with E-state index in [-0.39, 0.29) is 13.0 Å². The highest BCUT2D eigenvalue weighted by atomic mass is 16.5. The van der Waals surface area contributed by atoms with Gasteiger partial charge in [-0.2, -0.15) is 0 Å². The smallest absolute Gasteiger partial charge is 0.326 e. The maximum Gasteiger partial charge on any atom is 0.326 e. The van der Waals surface area contributed by atoms with E-state index in [1.807, 2.05) is 0 Å². The normalized spacial score (nSPS) is 14.3. The standard InChI is InChI=1S/C17H23NO6/c1-4-24-17(22)11(2)10-13(16(20)21)18-15(19)14(23-3)12-8-6-5-7-9-12/h5-9,11,13-14H,4,10H2,1-3H3,(H,18,19)(H,20,21)/t11-,13-,14-/m1/s1. The Kier molecular flexibility index (Phi) is 7.91. The number of amides is 1. The summed E-state index contributed by atoms with van der Waals surface area (Å²) >= 11 is 0. The van der Waals surface area contributed by atoms with Crippen molar-refractivity contribution in [3.05, 3.63) is 35.9 Å². The molecule has 0 heterocycles. The summed E-state index contributed by atoms with van der Waals surface area (Å²) in [5.41, 5.74) is 0.611. The Hall–Kier alpha value is -2.41. The molecule has 0 spiro atoms. The molecule has 0 aliphatic rings. The van der Waals surface area contributed by atoms with Crippen LogP contribution in [-0.2, 0) is 23.9 Å². The van der Waals surface area contributed by atoms with E-state index in [0.29, 0.717) is 5.56 Å². The monoisotopic (exact) mass is 337 g/mol. The van der Waals surface area contributed by atoms with E-state index >= 15 is 0 Å². The molecule has 1 rings (SSSR count). The van der Waals surface area contributed by atoms with Gasteiger partial charge in [-0.3, -0.25) is 9.59 Å². The van der Waals surface area contributed by atoms with Crippen molar-refractivity contribution in [3.8, 4) is 0 Å². The van der Waals surface area contributed by atoms with Gasteiger partial charge >= 0.3 is 11.9 Å². The summed E-state index contributed by atoms with van der Waals surface area (Å²) in [4.78, 5) is 35.4. The third-order valence-electron chi connectivity index (χ3n) is 3.47. The van der Waals surface area contributed by atoms with Gasteiger partial charge in [0.25, 0.3) is 5.91 Å². The first kappa shape index (κ1) is 19.6. The van der Waals surface area contributed by atoms with Crippen molar-refractivity contribution < 1.29 is 29.0 Å². The predicted molar refractivity (Wildman–Crippen MR) is 86.2 cm³/mol. The number of benzene rings is 1. The van der Waals surface area contributed by atoms with Crippen LogP contribution in [0, 0.1) is 5.92 Å². The quantitative estimate of drug-likeness (QED) is 0.663. The lowest BCUT2D eigenvalue weighted by atomic mass is 10.0. The van der Waals surface area contributed by atoms with Crippen molar-refractivity contribution in [1.29, 1.82) is 0 Å². The molecule has 0 radical (unpaired) electrons. The number of hydrogen-bond donors (Lipinski definition) is 2. The van der Waals surface area contributed by atoms with Gasteiger partial charge in [0.1, 0.15) is 6.04 Å². The number of aliphatic carboxylic acids is 1. The lowest BCUT2D eigenvalue weighted by Crippen LogP contribution is -2.45. The number of carbonyl (C=O) groups excluding carboxylic acids is 2. The Bertz CT molecular complexity index is 559. The molecule has 1 aromatic rings. The third kappa shape index (κ3) is 5.66. The highest BCUT2D eigenvalue weighted by molar-refractivity contribution is 5.87. The molecule has 1 aromatic carbocycles. The Morgan fingerprint density at radius 1 is 1.21 bits per heavy atom. The molecule has 0 aliphatic heterocycles. The van der Waals surface area contributed by atoms with Crippen LogP contribution in [0.25, 0.3) is 0 Å². The van der Waals surface area contributed by atoms with E-state index in [1.54, 1.807) is 44.2 Å². The summed E-state index contributed by atoms with van der Waals surface area (Å²) in [6.45, 7) is 3.45. The number of rotatable bonds is 9. The Balaban J connectivity index is 2.78. The molecule has 0 saturated heterocycles. The van der Waals surface area contributed by atoms with Crippen LogP contribution in [0.3, 0.4) is 0 Å². The second-order valence-corrected chi connectivity index (χ2v) is 5.31. The summed E-state index contributed by atoms with van der Waals surface area (Å²) in [6.07, 6.45) is -0.989. The van der Waals surface area contributed by atoms with Crippen molar-refractivity contribution in [3.63, 3.8) is 0 Å². The highest BCUT2D eigenvalue weighted by Crippen LogP contribution is 2.17. The van der Waals surface area contributed by atoms with Crippen LogP contribution < -0.4 is 5.32 Å². The van der Waals surface area contributed by atoms with Crippen LogP contribution in [0.5, 0.6) is 0 Å². The molecule has 0 aromatic heterocycles. The van der Waals surface area contributed by atoms with Gasteiger partial charge in [0.05, 0.1) is 12.5 Å². The van der Waals surface area contributed by atoms with Crippen molar-refractivity contribution >= 4 is 17.8 Å². The third-order valence-corrected chi connectivity index (χ3v) is 3.47. The zero-order valence-electron chi connectivity index (χ0n) is 14.0. The first-order valence-electron chi connectivity index (χ1n) is 7.68. The van der Waals surface area contributed by atoms with E-state index < -0.39 is 35.9 Å². The maximum atomic E-state index is 12.4. The second-order valence-electron chi connectivity index (χ2n) is 5.31. The van der Waals surface area contributed by atoms with Crippen LogP contribution in [0.4, 0.5) is 0 Å². The van der Waals surface area contributed by atoms with Gasteiger partial charge in [-0.15, -0.1) is 0 Å². The number of carboxylic acid groups (broad SMARTS) is 1. The fourth-order valence-electron chi connectivity index (χ4n) is 2.23. The minimum atomic E-state index is -1.22. The van der Waals surface area contributed by atoms with Gasteiger partial charge in [0.15, 0.2) is 6.10 Å². The highest BCUT2D eigenvalue weighted by Gasteiger charge is 2.29. The number of carboxylic acids is 1. The molecule has 24 heavy (non-hydrogen) atoms. The van der Waals surface area contributed by atoms with E-state index in [2.05, 4.69) is 5.32 Å². The Morgan fingerprint density at radius 2 is 1.83 bits per heavy atom. The summed E-state index contributed by atoms with van der Waals surface area (Å²) in [6, 6.07) is 7.53. The van der Waals surface area contributed by atoms with Crippen LogP contribution in [0.15, 0.2) is 30.3 Å². The number of carbonyl (C=O) groups is 3. The zero-order valence-corrected chi connectivity index (χ0v) is 14.0. The predicted octanol–water partition coefficient (Wildman–Crippen LogP) is 1.53. The number of esters is 1. The first-order valence-corrected chi connectivity index (χ1v) is 7.68. The van der Waals surface area contributed by atoms with Gasteiger partial charge in [-0.1, -0.05) is 37.3 Å². The van der Waals surface area contributed by atoms with Crippen LogP contribution >= 0.6 is 0 Å². The summed E-state index contributed by atoms with van der Waals surface area (Å²) in [5.74, 6) is -2.94. The topological polar surface area (TPSA) is 102 Å². The van der Waals surface area contributed by atoms with Gasteiger partial charge < -0.3 is 19.9 Å². The minimum absolute atomic E-state index is 0.0644. The van der Waals surface area contributed by atoms with Crippen LogP contribution in [-0.4, -0.2) is 42.7 Å². The number of methoxy groups -OCH3 is 1. The van der Waals surface area contributed by atoms with E-state index in [9.17, 15) is 19.5 Å². The van der Waals surface area contributed by atoms with Gasteiger partial charge in [-0.25, -0.2) is 4.79 Å². The van der Waals surface area contributed by atoms with Gasteiger partial charge in [-0.05, 0) is 18.9 Å². The fourth-order valence-corrected chi connectivity index (χ4v) is 2.23.